The molecule has 0 bridgehead atoms. The summed E-state index contributed by atoms with van der Waals surface area (Å²) in [7, 11) is -1.87. The fourth-order valence-electron chi connectivity index (χ4n) is 6.58. The van der Waals surface area contributed by atoms with Crippen LogP contribution in [0.25, 0.3) is 0 Å². The Morgan fingerprint density at radius 1 is 0.346 bits per heavy atom. The van der Waals surface area contributed by atoms with Gasteiger partial charge in [-0.2, -0.15) is 26.0 Å². The number of rotatable bonds is 10. The first-order valence-electron chi connectivity index (χ1n) is 16.6. The number of benzene rings is 4. The van der Waals surface area contributed by atoms with Crippen LogP contribution in [0.4, 0.5) is 52.7 Å². The van der Waals surface area contributed by atoms with Gasteiger partial charge in [0.05, 0.1) is 0 Å². The molecule has 0 atom stereocenters. The van der Waals surface area contributed by atoms with E-state index in [4.69, 9.17) is 4.17 Å². The summed E-state index contributed by atoms with van der Waals surface area (Å²) >= 11 is 0. The minimum Gasteiger partial charge on any atom is -0.204 e. The van der Waals surface area contributed by atoms with Crippen LogP contribution in [0.2, 0.25) is 0 Å². The molecule has 0 fully saturated rings. The first kappa shape index (κ1) is 43.1. The van der Waals surface area contributed by atoms with Gasteiger partial charge in [-0.15, -0.1) is 0 Å². The van der Waals surface area contributed by atoms with Crippen LogP contribution in [0.5, 0.6) is 0 Å². The van der Waals surface area contributed by atoms with Gasteiger partial charge in [0.25, 0.3) is 0 Å². The highest BCUT2D eigenvalue weighted by atomic mass is 31.2. The quantitative estimate of drug-likeness (QED) is 0.0501. The molecule has 0 saturated heterocycles. The second kappa shape index (κ2) is 17.2. The summed E-state index contributed by atoms with van der Waals surface area (Å²) < 4.78 is 176. The van der Waals surface area contributed by atoms with Gasteiger partial charge in [0, 0.05) is 37.0 Å². The minimum absolute atomic E-state index is 0.177. The van der Waals surface area contributed by atoms with Crippen molar-refractivity contribution in [1.29, 1.82) is 0 Å². The molecule has 0 unspecified atom stereocenters. The lowest BCUT2D eigenvalue weighted by molar-refractivity contribution is 0.447. The molecule has 0 N–H and O–H groups in total. The maximum Gasteiger partial charge on any atom is 0.215 e. The van der Waals surface area contributed by atoms with E-state index in [1.54, 1.807) is 0 Å². The highest BCUT2D eigenvalue weighted by Gasteiger charge is 2.37. The standard InChI is InChI=1S/C24H8BF12.C12H30NP2/c26-13-1-9(2-14(27)21(13)34)25(10-3-15(28)22(35)16(29)4-10,11-5-17(30)23(36)18(31)6-11)12-7-19(32)24(37)20(33)8-12;1-7-14(8-2,9-3)13-15(10-4,11-5)12-6/h1-8H;7-12H2,1-6H3/q-1;+1. The van der Waals surface area contributed by atoms with E-state index in [2.05, 4.69) is 41.5 Å². The maximum absolute atomic E-state index is 14.4. The highest BCUT2D eigenvalue weighted by molar-refractivity contribution is 7.73. The van der Waals surface area contributed by atoms with Crippen LogP contribution in [0, 0.1) is 69.8 Å². The molecule has 4 aromatic carbocycles. The molecule has 284 valence electrons. The summed E-state index contributed by atoms with van der Waals surface area (Å²) in [5.74, 6) is -24.0. The van der Waals surface area contributed by atoms with Crippen molar-refractivity contribution in [3.8, 4) is 0 Å². The van der Waals surface area contributed by atoms with Gasteiger partial charge in [-0.3, -0.25) is 0 Å². The van der Waals surface area contributed by atoms with Gasteiger partial charge >= 0.3 is 0 Å². The normalized spacial score (nSPS) is 12.0. The molecular formula is C36H38BF12NP2. The zero-order valence-electron chi connectivity index (χ0n) is 29.3. The Morgan fingerprint density at radius 2 is 0.500 bits per heavy atom. The van der Waals surface area contributed by atoms with E-state index >= 15 is 0 Å². The van der Waals surface area contributed by atoms with E-state index in [-0.39, 0.29) is 48.5 Å². The van der Waals surface area contributed by atoms with E-state index in [0.717, 1.165) is 0 Å². The topological polar surface area (TPSA) is 14.1 Å². The van der Waals surface area contributed by atoms with Gasteiger partial charge in [0.15, 0.2) is 69.8 Å². The number of nitrogens with zero attached hydrogens (tertiary/aromatic N) is 1. The fourth-order valence-corrected chi connectivity index (χ4v) is 15.5. The summed E-state index contributed by atoms with van der Waals surface area (Å²) in [5.41, 5.74) is -3.79. The summed E-state index contributed by atoms with van der Waals surface area (Å²) in [6.07, 6.45) is 3.91. The molecule has 4 rings (SSSR count). The Balaban J connectivity index is 0.000000411. The Morgan fingerprint density at radius 3 is 0.635 bits per heavy atom. The first-order chi connectivity index (χ1) is 24.4. The molecule has 0 aliphatic heterocycles. The largest absolute Gasteiger partial charge is 0.215 e. The van der Waals surface area contributed by atoms with E-state index in [9.17, 15) is 52.7 Å². The Kier molecular flexibility index (Phi) is 14.3. The molecule has 0 aliphatic rings. The van der Waals surface area contributed by atoms with Crippen molar-refractivity contribution in [3.63, 3.8) is 0 Å². The summed E-state index contributed by atoms with van der Waals surface area (Å²) in [6, 6.07) is 1.41. The van der Waals surface area contributed by atoms with E-state index in [0.29, 0.717) is 0 Å². The molecule has 0 saturated carbocycles. The average molecular weight is 785 g/mol. The molecule has 52 heavy (non-hydrogen) atoms. The van der Waals surface area contributed by atoms with Crippen molar-refractivity contribution in [2.75, 3.05) is 37.0 Å². The monoisotopic (exact) mass is 785 g/mol. The van der Waals surface area contributed by atoms with Gasteiger partial charge < -0.3 is 0 Å². The molecule has 4 aromatic rings. The van der Waals surface area contributed by atoms with Gasteiger partial charge in [-0.25, -0.2) is 52.7 Å². The lowest BCUT2D eigenvalue weighted by atomic mass is 9.13. The van der Waals surface area contributed by atoms with Crippen LogP contribution < -0.4 is 26.0 Å². The van der Waals surface area contributed by atoms with Crippen molar-refractivity contribution >= 4 is 42.1 Å². The third-order valence-electron chi connectivity index (χ3n) is 9.94. The Labute approximate surface area is 295 Å². The van der Waals surface area contributed by atoms with Gasteiger partial charge in [-0.1, -0.05) is 90.1 Å². The second-order valence-electron chi connectivity index (χ2n) is 12.2. The third kappa shape index (κ3) is 8.24. The molecule has 0 heterocycles. The Bertz CT molecular complexity index is 1690. The zero-order chi connectivity index (χ0) is 39.3. The first-order valence-corrected chi connectivity index (χ1v) is 21.2. The van der Waals surface area contributed by atoms with Crippen LogP contribution in [-0.4, -0.2) is 43.1 Å². The number of hydrogen-bond donors (Lipinski definition) is 0. The predicted octanol–water partition coefficient (Wildman–Crippen LogP) is 9.31. The van der Waals surface area contributed by atoms with Crippen LogP contribution in [-0.2, 0) is 0 Å². The smallest absolute Gasteiger partial charge is 0.204 e. The van der Waals surface area contributed by atoms with E-state index in [1.165, 1.54) is 37.0 Å². The molecular weight excluding hydrogens is 747 g/mol. The molecule has 0 aliphatic carbocycles. The van der Waals surface area contributed by atoms with Crippen LogP contribution in [0.3, 0.4) is 0 Å². The zero-order valence-corrected chi connectivity index (χ0v) is 31.1. The summed E-state index contributed by atoms with van der Waals surface area (Å²) in [5, 5.41) is 0. The number of halogens is 12. The van der Waals surface area contributed by atoms with E-state index < -0.39 is 112 Å². The van der Waals surface area contributed by atoms with Crippen LogP contribution >= 0.6 is 14.1 Å². The van der Waals surface area contributed by atoms with Gasteiger partial charge in [0.2, 0.25) is 14.1 Å². The van der Waals surface area contributed by atoms with Crippen molar-refractivity contribution in [1.82, 2.24) is 4.17 Å². The number of hydrogen-bond acceptors (Lipinski definition) is 0. The maximum atomic E-state index is 14.4. The molecule has 0 radical (unpaired) electrons. The molecule has 0 amide bonds. The molecule has 16 heteroatoms. The lowest BCUT2D eigenvalue weighted by Crippen LogP contribution is -2.75. The van der Waals surface area contributed by atoms with Crippen LogP contribution in [0.1, 0.15) is 41.5 Å². The summed E-state index contributed by atoms with van der Waals surface area (Å²) in [4.78, 5) is 0. The minimum atomic E-state index is -4.01. The third-order valence-corrected chi connectivity index (χ3v) is 20.0. The SMILES string of the molecule is CCP(CC)(CC)=[N+]=P(CC)(CC)CC.Fc1cc([B-](c2cc(F)c(F)c(F)c2)(c2cc(F)c(F)c(F)c2)c2cc(F)c(F)c(F)c2)cc(F)c1F. The molecule has 0 aromatic heterocycles. The van der Waals surface area contributed by atoms with Crippen molar-refractivity contribution in [2.45, 2.75) is 41.5 Å². The Hall–Kier alpha value is -3.33. The highest BCUT2D eigenvalue weighted by Crippen LogP contribution is 2.52. The average Bonchev–Trinajstić information content (AvgIpc) is 3.12. The van der Waals surface area contributed by atoms with Crippen molar-refractivity contribution in [2.24, 2.45) is 0 Å². The fraction of sp³-hybridized carbons (Fsp3) is 0.333. The van der Waals surface area contributed by atoms with E-state index in [1.807, 2.05) is 0 Å². The summed E-state index contributed by atoms with van der Waals surface area (Å²) in [6.45, 7) is 14.1. The van der Waals surface area contributed by atoms with Crippen molar-refractivity contribution < 1.29 is 52.7 Å². The van der Waals surface area contributed by atoms with Crippen LogP contribution in [0.15, 0.2) is 48.5 Å². The van der Waals surface area contributed by atoms with Gasteiger partial charge in [-0.05, 0) is 0 Å². The second-order valence-corrected chi connectivity index (χ2v) is 21.1. The molecule has 0 spiro atoms. The predicted molar refractivity (Wildman–Crippen MR) is 189 cm³/mol. The lowest BCUT2D eigenvalue weighted by Gasteiger charge is -2.44. The van der Waals surface area contributed by atoms with Crippen molar-refractivity contribution in [3.05, 3.63) is 118 Å². The van der Waals surface area contributed by atoms with Gasteiger partial charge in [0.1, 0.15) is 6.15 Å². The molecule has 1 nitrogen and oxygen atoms in total.